The number of methoxy groups -OCH3 is 1. The zero-order chi connectivity index (χ0) is 43.4. The molecule has 15 nitrogen and oxygen atoms in total. The molecule has 0 radical (unpaired) electrons. The zero-order valence-electron chi connectivity index (χ0n) is 34.8. The summed E-state index contributed by atoms with van der Waals surface area (Å²) >= 11 is 0. The number of urea groups is 1. The minimum Gasteiger partial charge on any atom is -0.496 e. The van der Waals surface area contributed by atoms with Crippen molar-refractivity contribution in [3.8, 4) is 5.75 Å². The maximum Gasteiger partial charge on any atom is 0.482 e. The Morgan fingerprint density at radius 3 is 2.29 bits per heavy atom. The number of imide groups is 1. The van der Waals surface area contributed by atoms with Crippen molar-refractivity contribution in [3.05, 3.63) is 58.7 Å². The van der Waals surface area contributed by atoms with E-state index in [-0.39, 0.29) is 60.5 Å². The fraction of sp³-hybridized carbons (Fsp3) is 0.561. The van der Waals surface area contributed by atoms with Crippen LogP contribution in [0.15, 0.2) is 30.3 Å². The number of halogens is 2. The van der Waals surface area contributed by atoms with E-state index in [1.807, 2.05) is 6.92 Å². The Kier molecular flexibility index (Phi) is 11.9. The zero-order valence-corrected chi connectivity index (χ0v) is 34.8. The van der Waals surface area contributed by atoms with Crippen LogP contribution in [-0.2, 0) is 39.6 Å². The molecule has 5 aliphatic rings. The van der Waals surface area contributed by atoms with Gasteiger partial charge in [-0.25, -0.2) is 18.4 Å². The first-order valence-corrected chi connectivity index (χ1v) is 19.8. The van der Waals surface area contributed by atoms with Gasteiger partial charge in [0.25, 0.3) is 0 Å². The molecular weight excluding hydrogens is 771 g/mol. The van der Waals surface area contributed by atoms with Crippen LogP contribution >= 0.6 is 0 Å². The molecule has 3 saturated carbocycles. The second-order valence-electron chi connectivity index (χ2n) is 17.4. The molecule has 18 heteroatoms. The van der Waals surface area contributed by atoms with Crippen LogP contribution in [0.5, 0.6) is 5.75 Å². The van der Waals surface area contributed by atoms with Gasteiger partial charge in [0.2, 0.25) is 11.8 Å². The average molecular weight is 824 g/mol. The van der Waals surface area contributed by atoms with E-state index >= 15 is 8.78 Å². The van der Waals surface area contributed by atoms with Crippen molar-refractivity contribution in [3.63, 3.8) is 0 Å². The van der Waals surface area contributed by atoms with E-state index in [2.05, 4.69) is 29.8 Å². The summed E-state index contributed by atoms with van der Waals surface area (Å²) in [6.07, 6.45) is 1.17. The summed E-state index contributed by atoms with van der Waals surface area (Å²) in [5.41, 5.74) is -2.25. The molecule has 2 saturated heterocycles. The van der Waals surface area contributed by atoms with E-state index in [1.165, 1.54) is 18.1 Å². The van der Waals surface area contributed by atoms with Gasteiger partial charge < -0.3 is 39.6 Å². The molecule has 2 bridgehead atoms. The Morgan fingerprint density at radius 2 is 1.69 bits per heavy atom. The van der Waals surface area contributed by atoms with Crippen LogP contribution in [0.2, 0.25) is 0 Å². The molecule has 2 aromatic carbocycles. The number of benzene rings is 2. The van der Waals surface area contributed by atoms with Gasteiger partial charge in [-0.1, -0.05) is 26.0 Å². The molecule has 7 rings (SSSR count). The Hall–Kier alpha value is -5.10. The minimum absolute atomic E-state index is 0.000701. The number of hydrogen-bond acceptors (Lipinski definition) is 10. The average Bonchev–Trinajstić information content (AvgIpc) is 3.51. The summed E-state index contributed by atoms with van der Waals surface area (Å²) in [6.45, 7) is 14.3. The van der Waals surface area contributed by atoms with Crippen molar-refractivity contribution in [1.82, 2.24) is 20.4 Å². The smallest absolute Gasteiger partial charge is 0.482 e. The fourth-order valence-electron chi connectivity index (χ4n) is 9.05. The summed E-state index contributed by atoms with van der Waals surface area (Å²) in [5, 5.41) is 7.38. The van der Waals surface area contributed by atoms with E-state index in [1.54, 1.807) is 39.8 Å². The molecule has 0 aromatic heterocycles. The van der Waals surface area contributed by atoms with Crippen LogP contribution in [0.1, 0.15) is 95.8 Å². The van der Waals surface area contributed by atoms with Crippen LogP contribution in [0.25, 0.3) is 0 Å². The molecular formula is C41H52BF2N5O10. The van der Waals surface area contributed by atoms with Crippen molar-refractivity contribution >= 4 is 48.4 Å². The Bertz CT molecular complexity index is 2040. The third-order valence-corrected chi connectivity index (χ3v) is 12.1. The van der Waals surface area contributed by atoms with E-state index in [9.17, 15) is 28.8 Å². The van der Waals surface area contributed by atoms with Crippen molar-refractivity contribution in [1.29, 1.82) is 0 Å². The molecule has 6 atom stereocenters. The first kappa shape index (κ1) is 43.5. The highest BCUT2D eigenvalue weighted by Crippen LogP contribution is 2.65. The highest BCUT2D eigenvalue weighted by molar-refractivity contribution is 6.48. The number of carbonyl (C=O) groups excluding carboxylic acids is 6. The lowest BCUT2D eigenvalue weighted by atomic mass is 9.43. The van der Waals surface area contributed by atoms with Crippen LogP contribution < -0.4 is 20.7 Å². The van der Waals surface area contributed by atoms with E-state index in [0.717, 1.165) is 25.5 Å². The molecule has 6 amide bonds. The van der Waals surface area contributed by atoms with Gasteiger partial charge in [0.05, 0.1) is 30.3 Å². The van der Waals surface area contributed by atoms with Gasteiger partial charge in [0.1, 0.15) is 34.6 Å². The maximum absolute atomic E-state index is 16.0. The van der Waals surface area contributed by atoms with Crippen molar-refractivity contribution in [2.45, 2.75) is 104 Å². The van der Waals surface area contributed by atoms with E-state index in [4.69, 9.17) is 18.8 Å². The summed E-state index contributed by atoms with van der Waals surface area (Å²) < 4.78 is 56.7. The number of anilines is 1. The number of likely N-dealkylation sites (N-methyl/N-ethyl adjacent to an activating group) is 1. The third kappa shape index (κ3) is 8.38. The number of para-hydroxylation sites is 1. The molecule has 2 aliphatic heterocycles. The molecule has 2 heterocycles. The first-order valence-electron chi connectivity index (χ1n) is 19.8. The summed E-state index contributed by atoms with van der Waals surface area (Å²) in [5.74, 6) is -7.62. The number of nitrogens with zero attached hydrogens (tertiary/aromatic N) is 2. The number of nitrogens with one attached hydrogen (secondary N) is 3. The molecule has 3 N–H and O–H groups in total. The lowest BCUT2D eigenvalue weighted by Crippen LogP contribution is -2.65. The van der Waals surface area contributed by atoms with Crippen LogP contribution in [0.3, 0.4) is 0 Å². The number of rotatable bonds is 11. The molecule has 2 unspecified atom stereocenters. The Labute approximate surface area is 342 Å². The van der Waals surface area contributed by atoms with Gasteiger partial charge in [-0.2, -0.15) is 0 Å². The second-order valence-corrected chi connectivity index (χ2v) is 17.4. The fourth-order valence-corrected chi connectivity index (χ4v) is 9.05. The summed E-state index contributed by atoms with van der Waals surface area (Å²) in [7, 11) is 0.246. The molecule has 0 spiro atoms. The standard InChI is InChI=1S/C41H52BF2N5O10/c1-10-48-14-15-49(36(53)35(48)52)38(55)47-32(31-26(43)19-24(20-27(31)44)45-21(2)50)34(51)46-30(42-58-29-18-23-17-28(40(23,6)7)41(29,8)59-42)16-22-12-11-13-25(33(22)56-9)37(54)57-39(3,4)5/h11-13,19-20,23,28-30,32H,10,14-18H2,1-9H3,(H,45,50)(H,46,51)(H,47,55)/t23-,28-,29+,30?,32?,41-/m0/s1. The number of ether oxygens (including phenoxy) is 2. The molecule has 3 aliphatic carbocycles. The Balaban J connectivity index is 1.39. The normalized spacial score (nSPS) is 24.4. The topological polar surface area (TPSA) is 182 Å². The molecule has 318 valence electrons. The number of carbonyl (C=O) groups is 6. The lowest BCUT2D eigenvalue weighted by molar-refractivity contribution is -0.199. The second kappa shape index (κ2) is 16.2. The van der Waals surface area contributed by atoms with Gasteiger partial charge >= 0.3 is 30.9 Å². The number of amides is 6. The summed E-state index contributed by atoms with van der Waals surface area (Å²) in [6, 6.07) is 3.01. The van der Waals surface area contributed by atoms with Gasteiger partial charge in [-0.3, -0.25) is 24.1 Å². The predicted octanol–water partition coefficient (Wildman–Crippen LogP) is 4.32. The minimum atomic E-state index is -2.13. The quantitative estimate of drug-likeness (QED) is 0.168. The van der Waals surface area contributed by atoms with Gasteiger partial charge in [0.15, 0.2) is 0 Å². The molecule has 59 heavy (non-hydrogen) atoms. The largest absolute Gasteiger partial charge is 0.496 e. The first-order chi connectivity index (χ1) is 27.6. The summed E-state index contributed by atoms with van der Waals surface area (Å²) in [4.78, 5) is 81.0. The van der Waals surface area contributed by atoms with Crippen molar-refractivity contribution < 1.29 is 56.3 Å². The third-order valence-electron chi connectivity index (χ3n) is 12.1. The van der Waals surface area contributed by atoms with E-state index in [0.29, 0.717) is 22.8 Å². The van der Waals surface area contributed by atoms with Crippen molar-refractivity contribution in [2.24, 2.45) is 17.3 Å². The van der Waals surface area contributed by atoms with Crippen LogP contribution in [0, 0.1) is 28.9 Å². The highest BCUT2D eigenvalue weighted by Gasteiger charge is 2.68. The van der Waals surface area contributed by atoms with Gasteiger partial charge in [0, 0.05) is 32.2 Å². The van der Waals surface area contributed by atoms with Crippen LogP contribution in [0.4, 0.5) is 19.3 Å². The monoisotopic (exact) mass is 823 g/mol. The van der Waals surface area contributed by atoms with Crippen molar-refractivity contribution in [2.75, 3.05) is 32.1 Å². The Morgan fingerprint density at radius 1 is 1.02 bits per heavy atom. The predicted molar refractivity (Wildman–Crippen MR) is 210 cm³/mol. The molecule has 2 aromatic rings. The lowest BCUT2D eigenvalue weighted by Gasteiger charge is -2.64. The van der Waals surface area contributed by atoms with Gasteiger partial charge in [-0.05, 0) is 94.9 Å². The SMILES string of the molecule is CCN1CCN(C(=O)NC(C(=O)NC(Cc2cccc(C(=O)OC(C)(C)C)c2OC)B2O[C@@H]3C[C@@H]4C[C@@H](C4(C)C)[C@]3(C)O2)c2c(F)cc(NC(C)=O)cc2F)C(=O)C1=O. The highest BCUT2D eigenvalue weighted by atomic mass is 19.1. The van der Waals surface area contributed by atoms with Crippen LogP contribution in [-0.4, -0.2) is 103 Å². The number of piperazine rings is 1. The number of esters is 1. The molecule has 5 fully saturated rings. The maximum atomic E-state index is 16.0. The van der Waals surface area contributed by atoms with Gasteiger partial charge in [-0.15, -0.1) is 0 Å². The van der Waals surface area contributed by atoms with E-state index < -0.39 is 83.1 Å². The number of hydrogen-bond donors (Lipinski definition) is 3.